The quantitative estimate of drug-likeness (QED) is 0.442. The highest BCUT2D eigenvalue weighted by Crippen LogP contribution is 2.33. The van der Waals surface area contributed by atoms with Crippen LogP contribution in [0.2, 0.25) is 5.02 Å². The van der Waals surface area contributed by atoms with E-state index in [4.69, 9.17) is 30.2 Å². The number of amides is 1. The van der Waals surface area contributed by atoms with Gasteiger partial charge in [0.1, 0.15) is 5.76 Å². The second kappa shape index (κ2) is 11.8. The highest BCUT2D eigenvalue weighted by atomic mass is 35.5. The number of benzene rings is 2. The minimum absolute atomic E-state index is 0.200. The average molecular weight is 512 g/mol. The molecular weight excluding hydrogens is 482 g/mol. The van der Waals surface area contributed by atoms with Crippen LogP contribution in [0.4, 0.5) is 0 Å². The van der Waals surface area contributed by atoms with Crippen LogP contribution < -0.4 is 14.8 Å². The maximum Gasteiger partial charge on any atom is 0.287 e. The summed E-state index contributed by atoms with van der Waals surface area (Å²) in [6.07, 6.45) is 0. The zero-order valence-corrected chi connectivity index (χ0v) is 20.8. The van der Waals surface area contributed by atoms with Crippen molar-refractivity contribution in [2.75, 3.05) is 46.2 Å². The topological polar surface area (TPSA) is 76.4 Å². The molecule has 9 heteroatoms. The van der Waals surface area contributed by atoms with E-state index < -0.39 is 0 Å². The summed E-state index contributed by atoms with van der Waals surface area (Å²) in [5.74, 6) is 2.37. The van der Waals surface area contributed by atoms with Gasteiger partial charge in [0.05, 0.1) is 19.8 Å². The summed E-state index contributed by atoms with van der Waals surface area (Å²) in [5.41, 5.74) is 2.23. The van der Waals surface area contributed by atoms with Crippen molar-refractivity contribution in [3.8, 4) is 11.5 Å². The minimum atomic E-state index is -0.200. The van der Waals surface area contributed by atoms with Gasteiger partial charge in [-0.3, -0.25) is 14.6 Å². The predicted octanol–water partition coefficient (Wildman–Crippen LogP) is 3.93. The first-order chi connectivity index (χ1) is 17.6. The van der Waals surface area contributed by atoms with Crippen LogP contribution in [-0.2, 0) is 24.4 Å². The molecule has 1 amide bonds. The molecule has 1 N–H and O–H groups in total. The molecule has 3 aromatic rings. The predicted molar refractivity (Wildman–Crippen MR) is 135 cm³/mol. The van der Waals surface area contributed by atoms with Crippen molar-refractivity contribution in [3.63, 3.8) is 0 Å². The SMILES string of the molecule is O=C(NCCN1CCOCC1)c1ccc(CN(Cc2ccc(Cl)cc2)Cc2ccc3c(c2)OCO3)o1. The summed E-state index contributed by atoms with van der Waals surface area (Å²) in [7, 11) is 0. The molecule has 190 valence electrons. The Kier molecular flexibility index (Phi) is 8.08. The van der Waals surface area contributed by atoms with Crippen LogP contribution in [0.5, 0.6) is 11.5 Å². The molecule has 0 aliphatic carbocycles. The summed E-state index contributed by atoms with van der Waals surface area (Å²) in [5, 5.41) is 3.66. The Morgan fingerprint density at radius 1 is 0.917 bits per heavy atom. The Balaban J connectivity index is 1.22. The van der Waals surface area contributed by atoms with Gasteiger partial charge in [0.15, 0.2) is 17.3 Å². The summed E-state index contributed by atoms with van der Waals surface area (Å²) < 4.78 is 22.3. The van der Waals surface area contributed by atoms with Crippen LogP contribution in [0.1, 0.15) is 27.4 Å². The molecule has 0 bridgehead atoms. The molecule has 2 aliphatic heterocycles. The number of furan rings is 1. The van der Waals surface area contributed by atoms with Gasteiger partial charge < -0.3 is 23.9 Å². The van der Waals surface area contributed by atoms with Gasteiger partial charge in [-0.25, -0.2) is 0 Å². The lowest BCUT2D eigenvalue weighted by Gasteiger charge is -2.26. The Bertz CT molecular complexity index is 1160. The summed E-state index contributed by atoms with van der Waals surface area (Å²) in [6.45, 7) is 6.79. The lowest BCUT2D eigenvalue weighted by molar-refractivity contribution is 0.0382. The Morgan fingerprint density at radius 2 is 1.67 bits per heavy atom. The number of morpholine rings is 1. The van der Waals surface area contributed by atoms with Crippen LogP contribution in [0, 0.1) is 0 Å². The third-order valence-electron chi connectivity index (χ3n) is 6.24. The number of ether oxygens (including phenoxy) is 3. The van der Waals surface area contributed by atoms with Crippen LogP contribution in [0.25, 0.3) is 0 Å². The molecular formula is C27H30ClN3O5. The Labute approximate surface area is 215 Å². The van der Waals surface area contributed by atoms with E-state index in [1.54, 1.807) is 6.07 Å². The van der Waals surface area contributed by atoms with Crippen molar-refractivity contribution in [1.82, 2.24) is 15.1 Å². The summed E-state index contributed by atoms with van der Waals surface area (Å²) in [4.78, 5) is 17.1. The van der Waals surface area contributed by atoms with Gasteiger partial charge in [0, 0.05) is 44.3 Å². The molecule has 2 aromatic carbocycles. The smallest absolute Gasteiger partial charge is 0.287 e. The zero-order valence-electron chi connectivity index (χ0n) is 20.1. The minimum Gasteiger partial charge on any atom is -0.455 e. The van der Waals surface area contributed by atoms with Gasteiger partial charge in [-0.2, -0.15) is 0 Å². The fourth-order valence-corrected chi connectivity index (χ4v) is 4.48. The second-order valence-electron chi connectivity index (χ2n) is 8.94. The van der Waals surface area contributed by atoms with Crippen molar-refractivity contribution >= 4 is 17.5 Å². The third-order valence-corrected chi connectivity index (χ3v) is 6.50. The molecule has 0 radical (unpaired) electrons. The molecule has 8 nitrogen and oxygen atoms in total. The van der Waals surface area contributed by atoms with E-state index in [2.05, 4.69) is 15.1 Å². The van der Waals surface area contributed by atoms with Crippen molar-refractivity contribution in [1.29, 1.82) is 0 Å². The normalized spacial score (nSPS) is 15.4. The molecule has 1 aromatic heterocycles. The molecule has 2 aliphatic rings. The first-order valence-corrected chi connectivity index (χ1v) is 12.5. The van der Waals surface area contributed by atoms with Gasteiger partial charge in [-0.05, 0) is 47.5 Å². The van der Waals surface area contributed by atoms with E-state index >= 15 is 0 Å². The number of fused-ring (bicyclic) bond motifs is 1. The molecule has 0 unspecified atom stereocenters. The number of halogens is 1. The number of carbonyl (C=O) groups excluding carboxylic acids is 1. The van der Waals surface area contributed by atoms with E-state index in [0.29, 0.717) is 37.0 Å². The van der Waals surface area contributed by atoms with E-state index in [1.165, 1.54) is 0 Å². The molecule has 0 atom stereocenters. The first-order valence-electron chi connectivity index (χ1n) is 12.1. The molecule has 5 rings (SSSR count). The van der Waals surface area contributed by atoms with Crippen LogP contribution >= 0.6 is 11.6 Å². The zero-order chi connectivity index (χ0) is 24.7. The summed E-state index contributed by atoms with van der Waals surface area (Å²) in [6, 6.07) is 17.4. The lowest BCUT2D eigenvalue weighted by Crippen LogP contribution is -2.41. The number of rotatable bonds is 10. The Hall–Kier alpha value is -3.04. The highest BCUT2D eigenvalue weighted by molar-refractivity contribution is 6.30. The molecule has 1 fully saturated rings. The number of hydrogen-bond acceptors (Lipinski definition) is 7. The van der Waals surface area contributed by atoms with E-state index in [9.17, 15) is 4.79 Å². The number of carbonyl (C=O) groups is 1. The fourth-order valence-electron chi connectivity index (χ4n) is 4.36. The second-order valence-corrected chi connectivity index (χ2v) is 9.37. The first kappa shape index (κ1) is 24.6. The van der Waals surface area contributed by atoms with Crippen molar-refractivity contribution in [2.45, 2.75) is 19.6 Å². The van der Waals surface area contributed by atoms with Gasteiger partial charge in [-0.15, -0.1) is 0 Å². The van der Waals surface area contributed by atoms with Crippen molar-refractivity contribution in [3.05, 3.63) is 82.3 Å². The van der Waals surface area contributed by atoms with Crippen molar-refractivity contribution < 1.29 is 23.4 Å². The average Bonchev–Trinajstić information content (AvgIpc) is 3.55. The van der Waals surface area contributed by atoms with E-state index in [0.717, 1.165) is 61.2 Å². The largest absolute Gasteiger partial charge is 0.455 e. The number of hydrogen-bond donors (Lipinski definition) is 1. The van der Waals surface area contributed by atoms with Gasteiger partial charge in [0.2, 0.25) is 6.79 Å². The molecule has 36 heavy (non-hydrogen) atoms. The van der Waals surface area contributed by atoms with Crippen LogP contribution in [-0.4, -0.2) is 61.9 Å². The lowest BCUT2D eigenvalue weighted by atomic mass is 10.1. The highest BCUT2D eigenvalue weighted by Gasteiger charge is 2.18. The van der Waals surface area contributed by atoms with Gasteiger partial charge in [0.25, 0.3) is 5.91 Å². The van der Waals surface area contributed by atoms with Crippen LogP contribution in [0.3, 0.4) is 0 Å². The van der Waals surface area contributed by atoms with Crippen molar-refractivity contribution in [2.24, 2.45) is 0 Å². The molecule has 3 heterocycles. The molecule has 0 spiro atoms. The maximum absolute atomic E-state index is 12.6. The third kappa shape index (κ3) is 6.59. The van der Waals surface area contributed by atoms with Gasteiger partial charge in [-0.1, -0.05) is 29.8 Å². The van der Waals surface area contributed by atoms with Gasteiger partial charge >= 0.3 is 0 Å². The maximum atomic E-state index is 12.6. The van der Waals surface area contributed by atoms with Crippen LogP contribution in [0.15, 0.2) is 59.0 Å². The van der Waals surface area contributed by atoms with E-state index in [-0.39, 0.29) is 12.7 Å². The summed E-state index contributed by atoms with van der Waals surface area (Å²) >= 11 is 6.07. The number of nitrogens with zero attached hydrogens (tertiary/aromatic N) is 2. The van der Waals surface area contributed by atoms with E-state index in [1.807, 2.05) is 48.5 Å². The number of nitrogens with one attached hydrogen (secondary N) is 1. The fraction of sp³-hybridized carbons (Fsp3) is 0.370. The monoisotopic (exact) mass is 511 g/mol. The Morgan fingerprint density at radius 3 is 2.50 bits per heavy atom. The molecule has 1 saturated heterocycles. The standard InChI is InChI=1S/C27H30ClN3O5/c28-22-4-1-20(2-5-22)16-31(17-21-3-7-24-26(15-21)35-19-34-24)18-23-6-8-25(36-23)27(32)29-9-10-30-11-13-33-14-12-30/h1-8,15H,9-14,16-19H2,(H,29,32). The molecule has 0 saturated carbocycles.